The molecule has 5 heteroatoms. The first-order valence-electron chi connectivity index (χ1n) is 4.04. The molecule has 1 rings (SSSR count). The summed E-state index contributed by atoms with van der Waals surface area (Å²) in [5.74, 6) is -1.14. The van der Waals surface area contributed by atoms with E-state index < -0.39 is 12.1 Å². The van der Waals surface area contributed by atoms with Crippen LogP contribution in [0.25, 0.3) is 0 Å². The molecule has 0 bridgehead atoms. The second-order valence-electron chi connectivity index (χ2n) is 2.90. The molecule has 0 radical (unpaired) electrons. The number of rotatable bonds is 3. The van der Waals surface area contributed by atoms with E-state index in [2.05, 4.69) is 5.32 Å². The summed E-state index contributed by atoms with van der Waals surface area (Å²) < 4.78 is 0. The van der Waals surface area contributed by atoms with Crippen molar-refractivity contribution in [3.05, 3.63) is 0 Å². The highest BCUT2D eigenvalue weighted by Gasteiger charge is 2.18. The Kier molecular flexibility index (Phi) is 3.46. The number of carboxylic acids is 1. The Bertz CT molecular complexity index is 157. The van der Waals surface area contributed by atoms with Gasteiger partial charge in [0.05, 0.1) is 0 Å². The van der Waals surface area contributed by atoms with E-state index in [4.69, 9.17) is 10.2 Å². The van der Waals surface area contributed by atoms with Crippen molar-refractivity contribution >= 4 is 5.97 Å². The third-order valence-electron chi connectivity index (χ3n) is 1.93. The highest BCUT2D eigenvalue weighted by Crippen LogP contribution is 1.94. The highest BCUT2D eigenvalue weighted by atomic mass is 16.4. The fourth-order valence-corrected chi connectivity index (χ4v) is 1.22. The SMILES string of the molecule is O=C(O)C(O)CN1CCNCC1. The van der Waals surface area contributed by atoms with Gasteiger partial charge in [0.2, 0.25) is 0 Å². The summed E-state index contributed by atoms with van der Waals surface area (Å²) in [6, 6.07) is 0. The molecule has 0 spiro atoms. The Morgan fingerprint density at radius 2 is 2.08 bits per heavy atom. The predicted octanol–water partition coefficient (Wildman–Crippen LogP) is -1.66. The van der Waals surface area contributed by atoms with Crippen LogP contribution in [0, 0.1) is 0 Å². The quantitative estimate of drug-likeness (QED) is 0.477. The number of nitrogens with one attached hydrogen (secondary N) is 1. The molecule has 70 valence electrons. The summed E-state index contributed by atoms with van der Waals surface area (Å²) >= 11 is 0. The molecule has 1 atom stereocenters. The normalized spacial score (nSPS) is 22.1. The molecule has 5 nitrogen and oxygen atoms in total. The molecule has 0 aliphatic carbocycles. The van der Waals surface area contributed by atoms with Crippen LogP contribution in [0.1, 0.15) is 0 Å². The Hall–Kier alpha value is -0.650. The number of nitrogens with zero attached hydrogens (tertiary/aromatic N) is 1. The van der Waals surface area contributed by atoms with Crippen molar-refractivity contribution in [3.63, 3.8) is 0 Å². The van der Waals surface area contributed by atoms with E-state index in [0.29, 0.717) is 0 Å². The first-order chi connectivity index (χ1) is 5.70. The van der Waals surface area contributed by atoms with Gasteiger partial charge in [-0.05, 0) is 0 Å². The van der Waals surface area contributed by atoms with Crippen LogP contribution in [0.3, 0.4) is 0 Å². The van der Waals surface area contributed by atoms with E-state index in [-0.39, 0.29) is 6.54 Å². The molecule has 1 unspecified atom stereocenters. The zero-order valence-electron chi connectivity index (χ0n) is 6.86. The van der Waals surface area contributed by atoms with Crippen molar-refractivity contribution in [2.45, 2.75) is 6.10 Å². The molecule has 0 aromatic rings. The molecule has 1 fully saturated rings. The number of hydrogen-bond acceptors (Lipinski definition) is 4. The monoisotopic (exact) mass is 174 g/mol. The van der Waals surface area contributed by atoms with Gasteiger partial charge in [0.15, 0.2) is 6.10 Å². The number of hydrogen-bond donors (Lipinski definition) is 3. The molecule has 1 aliphatic heterocycles. The number of aliphatic hydroxyl groups excluding tert-OH is 1. The lowest BCUT2D eigenvalue weighted by Gasteiger charge is -2.27. The zero-order chi connectivity index (χ0) is 8.97. The Morgan fingerprint density at radius 3 is 2.58 bits per heavy atom. The van der Waals surface area contributed by atoms with Gasteiger partial charge in [-0.3, -0.25) is 4.90 Å². The van der Waals surface area contributed by atoms with Crippen molar-refractivity contribution in [1.29, 1.82) is 0 Å². The van der Waals surface area contributed by atoms with E-state index in [1.807, 2.05) is 4.90 Å². The zero-order valence-corrected chi connectivity index (χ0v) is 6.86. The maximum atomic E-state index is 10.3. The second kappa shape index (κ2) is 4.39. The summed E-state index contributed by atoms with van der Waals surface area (Å²) in [7, 11) is 0. The molecule has 0 amide bonds. The third kappa shape index (κ3) is 2.77. The van der Waals surface area contributed by atoms with Crippen LogP contribution in [0.4, 0.5) is 0 Å². The number of β-amino-alcohol motifs (C(OH)–C–C–N with tert-alkyl or cyclic N) is 1. The van der Waals surface area contributed by atoms with Crippen LogP contribution in [0.5, 0.6) is 0 Å². The standard InChI is InChI=1S/C7H14N2O3/c10-6(7(11)12)5-9-3-1-8-2-4-9/h6,8,10H,1-5H2,(H,11,12). The molecule has 0 saturated carbocycles. The Labute approximate surface area is 71.0 Å². The predicted molar refractivity (Wildman–Crippen MR) is 43.0 cm³/mol. The van der Waals surface area contributed by atoms with Gasteiger partial charge >= 0.3 is 5.97 Å². The van der Waals surface area contributed by atoms with Crippen molar-refractivity contribution < 1.29 is 15.0 Å². The fourth-order valence-electron chi connectivity index (χ4n) is 1.22. The van der Waals surface area contributed by atoms with E-state index >= 15 is 0 Å². The van der Waals surface area contributed by atoms with Gasteiger partial charge in [0.1, 0.15) is 0 Å². The maximum absolute atomic E-state index is 10.3. The minimum absolute atomic E-state index is 0.233. The van der Waals surface area contributed by atoms with Crippen LogP contribution < -0.4 is 5.32 Å². The van der Waals surface area contributed by atoms with Crippen molar-refractivity contribution in [1.82, 2.24) is 10.2 Å². The molecular weight excluding hydrogens is 160 g/mol. The Morgan fingerprint density at radius 1 is 1.50 bits per heavy atom. The lowest BCUT2D eigenvalue weighted by Crippen LogP contribution is -2.47. The third-order valence-corrected chi connectivity index (χ3v) is 1.93. The topological polar surface area (TPSA) is 72.8 Å². The van der Waals surface area contributed by atoms with Crippen LogP contribution >= 0.6 is 0 Å². The maximum Gasteiger partial charge on any atom is 0.333 e. The van der Waals surface area contributed by atoms with Crippen LogP contribution in [-0.4, -0.2) is 59.9 Å². The van der Waals surface area contributed by atoms with Crippen molar-refractivity contribution in [2.24, 2.45) is 0 Å². The first kappa shape index (κ1) is 9.44. The van der Waals surface area contributed by atoms with Crippen molar-refractivity contribution in [3.8, 4) is 0 Å². The van der Waals surface area contributed by atoms with Gasteiger partial charge in [0.25, 0.3) is 0 Å². The summed E-state index contributed by atoms with van der Waals surface area (Å²) in [5, 5.41) is 20.6. The number of aliphatic carboxylic acids is 1. The molecule has 1 heterocycles. The van der Waals surface area contributed by atoms with Gasteiger partial charge in [-0.1, -0.05) is 0 Å². The molecular formula is C7H14N2O3. The van der Waals surface area contributed by atoms with Crippen LogP contribution in [-0.2, 0) is 4.79 Å². The lowest BCUT2D eigenvalue weighted by atomic mass is 10.3. The minimum Gasteiger partial charge on any atom is -0.479 e. The average molecular weight is 174 g/mol. The second-order valence-corrected chi connectivity index (χ2v) is 2.90. The fraction of sp³-hybridized carbons (Fsp3) is 0.857. The number of piperazine rings is 1. The lowest BCUT2D eigenvalue weighted by molar-refractivity contribution is -0.147. The highest BCUT2D eigenvalue weighted by molar-refractivity contribution is 5.72. The van der Waals surface area contributed by atoms with Gasteiger partial charge in [-0.15, -0.1) is 0 Å². The molecule has 3 N–H and O–H groups in total. The van der Waals surface area contributed by atoms with Crippen LogP contribution in [0.15, 0.2) is 0 Å². The van der Waals surface area contributed by atoms with Gasteiger partial charge in [-0.2, -0.15) is 0 Å². The largest absolute Gasteiger partial charge is 0.479 e. The molecule has 1 saturated heterocycles. The minimum atomic E-state index is -1.25. The first-order valence-corrected chi connectivity index (χ1v) is 4.04. The number of carbonyl (C=O) groups is 1. The van der Waals surface area contributed by atoms with E-state index in [1.165, 1.54) is 0 Å². The summed E-state index contributed by atoms with van der Waals surface area (Å²) in [6.45, 7) is 3.59. The summed E-state index contributed by atoms with van der Waals surface area (Å²) in [4.78, 5) is 12.2. The Balaban J connectivity index is 2.24. The molecule has 12 heavy (non-hydrogen) atoms. The van der Waals surface area contributed by atoms with Crippen molar-refractivity contribution in [2.75, 3.05) is 32.7 Å². The molecule has 0 aromatic heterocycles. The summed E-state index contributed by atoms with van der Waals surface area (Å²) in [6.07, 6.45) is -1.25. The van der Waals surface area contributed by atoms with Gasteiger partial charge in [-0.25, -0.2) is 4.79 Å². The summed E-state index contributed by atoms with van der Waals surface area (Å²) in [5.41, 5.74) is 0. The smallest absolute Gasteiger partial charge is 0.333 e. The number of carboxylic acid groups (broad SMARTS) is 1. The average Bonchev–Trinajstić information content (AvgIpc) is 2.06. The van der Waals surface area contributed by atoms with E-state index in [0.717, 1.165) is 26.2 Å². The van der Waals surface area contributed by atoms with Gasteiger partial charge in [0, 0.05) is 32.7 Å². The van der Waals surface area contributed by atoms with E-state index in [1.54, 1.807) is 0 Å². The molecule has 0 aromatic carbocycles. The van der Waals surface area contributed by atoms with Crippen LogP contribution in [0.2, 0.25) is 0 Å². The number of aliphatic hydroxyl groups is 1. The van der Waals surface area contributed by atoms with E-state index in [9.17, 15) is 4.79 Å². The molecule has 1 aliphatic rings. The van der Waals surface area contributed by atoms with Gasteiger partial charge < -0.3 is 15.5 Å².